The SMILES string of the molecule is COC(=O)CC1CCc2c(cccc2OC)C1. The van der Waals surface area contributed by atoms with Crippen LogP contribution in [0.4, 0.5) is 0 Å². The third-order valence-electron chi connectivity index (χ3n) is 3.44. The van der Waals surface area contributed by atoms with Crippen LogP contribution in [0.1, 0.15) is 24.0 Å². The van der Waals surface area contributed by atoms with Crippen molar-refractivity contribution < 1.29 is 14.3 Å². The van der Waals surface area contributed by atoms with E-state index in [1.54, 1.807) is 7.11 Å². The molecule has 0 saturated heterocycles. The first-order chi connectivity index (χ1) is 8.24. The highest BCUT2D eigenvalue weighted by atomic mass is 16.5. The molecule has 0 fully saturated rings. The Hall–Kier alpha value is -1.51. The predicted octanol–water partition coefficient (Wildman–Crippen LogP) is 2.36. The van der Waals surface area contributed by atoms with E-state index in [-0.39, 0.29) is 5.97 Å². The van der Waals surface area contributed by atoms with Crippen LogP contribution in [0.15, 0.2) is 18.2 Å². The number of rotatable bonds is 3. The van der Waals surface area contributed by atoms with Crippen molar-refractivity contribution in [3.63, 3.8) is 0 Å². The second-order valence-corrected chi connectivity index (χ2v) is 4.49. The number of esters is 1. The third kappa shape index (κ3) is 2.60. The molecule has 2 rings (SSSR count). The van der Waals surface area contributed by atoms with Crippen molar-refractivity contribution in [3.05, 3.63) is 29.3 Å². The van der Waals surface area contributed by atoms with Gasteiger partial charge in [0.1, 0.15) is 5.75 Å². The van der Waals surface area contributed by atoms with Crippen LogP contribution >= 0.6 is 0 Å². The summed E-state index contributed by atoms with van der Waals surface area (Å²) in [6, 6.07) is 6.14. The second-order valence-electron chi connectivity index (χ2n) is 4.49. The van der Waals surface area contributed by atoms with Crippen molar-refractivity contribution in [1.29, 1.82) is 0 Å². The normalized spacial score (nSPS) is 18.4. The summed E-state index contributed by atoms with van der Waals surface area (Å²) in [5.74, 6) is 1.27. The number of carbonyl (C=O) groups is 1. The zero-order valence-electron chi connectivity index (χ0n) is 10.4. The van der Waals surface area contributed by atoms with Gasteiger partial charge >= 0.3 is 5.97 Å². The summed E-state index contributed by atoms with van der Waals surface area (Å²) >= 11 is 0. The van der Waals surface area contributed by atoms with E-state index in [2.05, 4.69) is 6.07 Å². The topological polar surface area (TPSA) is 35.5 Å². The Kier molecular flexibility index (Phi) is 3.67. The molecule has 0 radical (unpaired) electrons. The van der Waals surface area contributed by atoms with Gasteiger partial charge in [0.2, 0.25) is 0 Å². The molecule has 0 aromatic heterocycles. The number of ether oxygens (including phenoxy) is 2. The van der Waals surface area contributed by atoms with Crippen molar-refractivity contribution in [2.24, 2.45) is 5.92 Å². The highest BCUT2D eigenvalue weighted by Gasteiger charge is 2.23. The summed E-state index contributed by atoms with van der Waals surface area (Å²) in [6.45, 7) is 0. The summed E-state index contributed by atoms with van der Waals surface area (Å²) in [5, 5.41) is 0. The van der Waals surface area contributed by atoms with Crippen LogP contribution in [0.3, 0.4) is 0 Å². The Morgan fingerprint density at radius 3 is 2.94 bits per heavy atom. The smallest absolute Gasteiger partial charge is 0.305 e. The molecule has 0 heterocycles. The van der Waals surface area contributed by atoms with Crippen LogP contribution in [0.5, 0.6) is 5.75 Å². The molecule has 3 heteroatoms. The van der Waals surface area contributed by atoms with Crippen molar-refractivity contribution >= 4 is 5.97 Å². The molecule has 17 heavy (non-hydrogen) atoms. The quantitative estimate of drug-likeness (QED) is 0.753. The van der Waals surface area contributed by atoms with Gasteiger partial charge in [-0.15, -0.1) is 0 Å². The van der Waals surface area contributed by atoms with E-state index in [0.29, 0.717) is 12.3 Å². The lowest BCUT2D eigenvalue weighted by atomic mass is 9.82. The molecule has 1 aromatic carbocycles. The minimum Gasteiger partial charge on any atom is -0.496 e. The number of hydrogen-bond acceptors (Lipinski definition) is 3. The molecular weight excluding hydrogens is 216 g/mol. The van der Waals surface area contributed by atoms with Crippen LogP contribution in [0, 0.1) is 5.92 Å². The van der Waals surface area contributed by atoms with E-state index in [1.165, 1.54) is 18.2 Å². The molecule has 0 bridgehead atoms. The molecule has 1 aliphatic rings. The third-order valence-corrected chi connectivity index (χ3v) is 3.44. The van der Waals surface area contributed by atoms with Gasteiger partial charge in [-0.25, -0.2) is 0 Å². The van der Waals surface area contributed by atoms with Gasteiger partial charge in [-0.3, -0.25) is 4.79 Å². The first-order valence-corrected chi connectivity index (χ1v) is 5.96. The molecule has 0 N–H and O–H groups in total. The average Bonchev–Trinajstić information content (AvgIpc) is 2.37. The fourth-order valence-electron chi connectivity index (χ4n) is 2.53. The van der Waals surface area contributed by atoms with Gasteiger partial charge < -0.3 is 9.47 Å². The maximum absolute atomic E-state index is 11.3. The summed E-state index contributed by atoms with van der Waals surface area (Å²) in [7, 11) is 3.15. The fourth-order valence-corrected chi connectivity index (χ4v) is 2.53. The van der Waals surface area contributed by atoms with Crippen molar-refractivity contribution in [2.45, 2.75) is 25.7 Å². The van der Waals surface area contributed by atoms with Gasteiger partial charge in [-0.1, -0.05) is 12.1 Å². The zero-order chi connectivity index (χ0) is 12.3. The molecule has 0 amide bonds. The molecule has 3 nitrogen and oxygen atoms in total. The highest BCUT2D eigenvalue weighted by Crippen LogP contribution is 2.33. The zero-order valence-corrected chi connectivity index (χ0v) is 10.4. The summed E-state index contributed by atoms with van der Waals surface area (Å²) < 4.78 is 10.1. The van der Waals surface area contributed by atoms with Gasteiger partial charge in [0.25, 0.3) is 0 Å². The number of carbonyl (C=O) groups excluding carboxylic acids is 1. The van der Waals surface area contributed by atoms with E-state index in [4.69, 9.17) is 9.47 Å². The van der Waals surface area contributed by atoms with E-state index < -0.39 is 0 Å². The fraction of sp³-hybridized carbons (Fsp3) is 0.500. The molecule has 1 aromatic rings. The first-order valence-electron chi connectivity index (χ1n) is 5.96. The average molecular weight is 234 g/mol. The molecule has 0 saturated carbocycles. The molecule has 1 aliphatic carbocycles. The largest absolute Gasteiger partial charge is 0.496 e. The van der Waals surface area contributed by atoms with Crippen LogP contribution < -0.4 is 4.74 Å². The van der Waals surface area contributed by atoms with Crippen molar-refractivity contribution in [1.82, 2.24) is 0 Å². The lowest BCUT2D eigenvalue weighted by Gasteiger charge is -2.25. The van der Waals surface area contributed by atoms with Crippen LogP contribution in [0.25, 0.3) is 0 Å². The van der Waals surface area contributed by atoms with Gasteiger partial charge in [0, 0.05) is 6.42 Å². The lowest BCUT2D eigenvalue weighted by molar-refractivity contribution is -0.141. The van der Waals surface area contributed by atoms with Gasteiger partial charge in [0.05, 0.1) is 14.2 Å². The standard InChI is InChI=1S/C14H18O3/c1-16-13-5-3-4-11-8-10(6-7-12(11)13)9-14(15)17-2/h3-5,10H,6-9H2,1-2H3. The minimum absolute atomic E-state index is 0.110. The lowest BCUT2D eigenvalue weighted by Crippen LogP contribution is -2.18. The van der Waals surface area contributed by atoms with Crippen LogP contribution in [-0.2, 0) is 22.4 Å². The minimum atomic E-state index is -0.110. The van der Waals surface area contributed by atoms with E-state index in [1.807, 2.05) is 12.1 Å². The second kappa shape index (κ2) is 5.21. The monoisotopic (exact) mass is 234 g/mol. The number of methoxy groups -OCH3 is 2. The van der Waals surface area contributed by atoms with Gasteiger partial charge in [-0.2, -0.15) is 0 Å². The molecule has 92 valence electrons. The summed E-state index contributed by atoms with van der Waals surface area (Å²) in [5.41, 5.74) is 2.61. The highest BCUT2D eigenvalue weighted by molar-refractivity contribution is 5.69. The summed E-state index contributed by atoms with van der Waals surface area (Å²) in [4.78, 5) is 11.3. The van der Waals surface area contributed by atoms with E-state index >= 15 is 0 Å². The Morgan fingerprint density at radius 2 is 2.24 bits per heavy atom. The van der Waals surface area contributed by atoms with Gasteiger partial charge in [-0.05, 0) is 42.4 Å². The Morgan fingerprint density at radius 1 is 1.41 bits per heavy atom. The van der Waals surface area contributed by atoms with Crippen LogP contribution in [0.2, 0.25) is 0 Å². The van der Waals surface area contributed by atoms with Gasteiger partial charge in [0.15, 0.2) is 0 Å². The maximum Gasteiger partial charge on any atom is 0.305 e. The Balaban J connectivity index is 2.11. The molecular formula is C14H18O3. The predicted molar refractivity (Wildman–Crippen MR) is 65.1 cm³/mol. The van der Waals surface area contributed by atoms with E-state index in [9.17, 15) is 4.79 Å². The van der Waals surface area contributed by atoms with Crippen LogP contribution in [-0.4, -0.2) is 20.2 Å². The van der Waals surface area contributed by atoms with Crippen molar-refractivity contribution in [3.8, 4) is 5.75 Å². The molecule has 1 atom stereocenters. The first kappa shape index (κ1) is 12.0. The Bertz CT molecular complexity index is 412. The molecule has 1 unspecified atom stereocenters. The summed E-state index contributed by atoms with van der Waals surface area (Å²) in [6.07, 6.45) is 3.48. The number of hydrogen-bond donors (Lipinski definition) is 0. The number of benzene rings is 1. The maximum atomic E-state index is 11.3. The molecule has 0 aliphatic heterocycles. The molecule has 0 spiro atoms. The number of fused-ring (bicyclic) bond motifs is 1. The Labute approximate surface area is 102 Å². The van der Waals surface area contributed by atoms with E-state index in [0.717, 1.165) is 25.0 Å². The van der Waals surface area contributed by atoms with Crippen molar-refractivity contribution in [2.75, 3.05) is 14.2 Å².